The van der Waals surface area contributed by atoms with Crippen LogP contribution in [0.5, 0.6) is 0 Å². The zero-order valence-corrected chi connectivity index (χ0v) is 17.9. The second-order valence-electron chi connectivity index (χ2n) is 7.49. The van der Waals surface area contributed by atoms with E-state index in [9.17, 15) is 14.0 Å². The summed E-state index contributed by atoms with van der Waals surface area (Å²) in [7, 11) is 0. The number of carbonyl (C=O) groups is 2. The molecule has 2 amide bonds. The lowest BCUT2D eigenvalue weighted by atomic mass is 10.0. The van der Waals surface area contributed by atoms with Crippen molar-refractivity contribution in [1.82, 2.24) is 15.2 Å². The Labute approximate surface area is 185 Å². The Morgan fingerprint density at radius 3 is 2.50 bits per heavy atom. The van der Waals surface area contributed by atoms with Crippen LogP contribution in [-0.2, 0) is 9.53 Å². The van der Waals surface area contributed by atoms with E-state index < -0.39 is 5.97 Å². The van der Waals surface area contributed by atoms with Crippen molar-refractivity contribution in [2.24, 2.45) is 0 Å². The van der Waals surface area contributed by atoms with Crippen LogP contribution in [0.1, 0.15) is 6.92 Å². The summed E-state index contributed by atoms with van der Waals surface area (Å²) in [6.07, 6.45) is 0. The van der Waals surface area contributed by atoms with E-state index in [1.54, 1.807) is 24.0 Å². The average molecular weight is 436 g/mol. The molecule has 3 aromatic rings. The lowest BCUT2D eigenvalue weighted by Gasteiger charge is -2.35. The van der Waals surface area contributed by atoms with Crippen molar-refractivity contribution < 1.29 is 18.7 Å². The van der Waals surface area contributed by atoms with Gasteiger partial charge < -0.3 is 19.9 Å². The van der Waals surface area contributed by atoms with Gasteiger partial charge in [0.1, 0.15) is 18.2 Å². The molecule has 0 unspecified atom stereocenters. The largest absolute Gasteiger partial charge is 0.465 e. The number of ether oxygens (including phenoxy) is 1. The SMILES string of the molecule is CCOC(=O)CNC(=O)N1CCN(c2ccc3cccc(-c4ccc(F)cc4)c3n2)CC1. The van der Waals surface area contributed by atoms with E-state index in [2.05, 4.69) is 10.2 Å². The molecular weight excluding hydrogens is 411 g/mol. The van der Waals surface area contributed by atoms with Crippen molar-refractivity contribution in [2.45, 2.75) is 6.92 Å². The van der Waals surface area contributed by atoms with Gasteiger partial charge in [0.15, 0.2) is 0 Å². The number of aromatic nitrogens is 1. The molecule has 1 fully saturated rings. The van der Waals surface area contributed by atoms with Gasteiger partial charge >= 0.3 is 12.0 Å². The molecule has 2 aromatic carbocycles. The lowest BCUT2D eigenvalue weighted by molar-refractivity contribution is -0.141. The van der Waals surface area contributed by atoms with Crippen LogP contribution >= 0.6 is 0 Å². The van der Waals surface area contributed by atoms with E-state index in [0.29, 0.717) is 26.2 Å². The number of piperazine rings is 1. The van der Waals surface area contributed by atoms with Gasteiger partial charge in [0.05, 0.1) is 12.1 Å². The van der Waals surface area contributed by atoms with Crippen molar-refractivity contribution in [3.63, 3.8) is 0 Å². The highest BCUT2D eigenvalue weighted by Gasteiger charge is 2.22. The minimum absolute atomic E-state index is 0.134. The van der Waals surface area contributed by atoms with Crippen LogP contribution in [0.3, 0.4) is 0 Å². The maximum absolute atomic E-state index is 13.4. The van der Waals surface area contributed by atoms with Crippen LogP contribution in [-0.4, -0.2) is 61.2 Å². The smallest absolute Gasteiger partial charge is 0.325 e. The van der Waals surface area contributed by atoms with Crippen molar-refractivity contribution in [3.8, 4) is 11.1 Å². The predicted molar refractivity (Wildman–Crippen MR) is 121 cm³/mol. The number of halogens is 1. The number of benzene rings is 2. The van der Waals surface area contributed by atoms with Gasteiger partial charge in [-0.1, -0.05) is 30.3 Å². The number of urea groups is 1. The van der Waals surface area contributed by atoms with Crippen LogP contribution in [0.25, 0.3) is 22.0 Å². The Bertz CT molecular complexity index is 1110. The first-order chi connectivity index (χ1) is 15.5. The second-order valence-corrected chi connectivity index (χ2v) is 7.49. The highest BCUT2D eigenvalue weighted by Crippen LogP contribution is 2.29. The third kappa shape index (κ3) is 4.80. The lowest BCUT2D eigenvalue weighted by Crippen LogP contribution is -2.52. The third-order valence-corrected chi connectivity index (χ3v) is 5.44. The Hall–Kier alpha value is -3.68. The standard InChI is InChI=1S/C24H25FN4O3/c1-2-32-22(30)16-26-24(31)29-14-12-28(13-15-29)21-11-8-18-4-3-5-20(23(18)27-21)17-6-9-19(25)10-7-17/h3-11H,2,12-16H2,1H3,(H,26,31). The Morgan fingerprint density at radius 2 is 1.78 bits per heavy atom. The summed E-state index contributed by atoms with van der Waals surface area (Å²) in [5.74, 6) is 0.113. The number of esters is 1. The van der Waals surface area contributed by atoms with E-state index in [-0.39, 0.29) is 25.0 Å². The Morgan fingerprint density at radius 1 is 1.03 bits per heavy atom. The minimum Gasteiger partial charge on any atom is -0.465 e. The number of rotatable bonds is 5. The molecule has 8 heteroatoms. The normalized spacial score (nSPS) is 13.8. The molecule has 0 spiro atoms. The molecule has 0 aliphatic carbocycles. The molecule has 1 aliphatic heterocycles. The van der Waals surface area contributed by atoms with Gasteiger partial charge in [0.25, 0.3) is 0 Å². The Kier molecular flexibility index (Phi) is 6.49. The summed E-state index contributed by atoms with van der Waals surface area (Å²) < 4.78 is 18.2. The second kappa shape index (κ2) is 9.64. The first-order valence-electron chi connectivity index (χ1n) is 10.6. The first kappa shape index (κ1) is 21.5. The Balaban J connectivity index is 1.46. The molecule has 1 aromatic heterocycles. The highest BCUT2D eigenvalue weighted by molar-refractivity contribution is 5.94. The number of nitrogens with zero attached hydrogens (tertiary/aromatic N) is 3. The molecular formula is C24H25FN4O3. The van der Waals surface area contributed by atoms with Crippen LogP contribution < -0.4 is 10.2 Å². The molecule has 7 nitrogen and oxygen atoms in total. The number of para-hydroxylation sites is 1. The maximum Gasteiger partial charge on any atom is 0.325 e. The average Bonchev–Trinajstić information content (AvgIpc) is 2.83. The van der Waals surface area contributed by atoms with Gasteiger partial charge in [-0.25, -0.2) is 14.2 Å². The molecule has 0 atom stereocenters. The number of carbonyl (C=O) groups excluding carboxylic acids is 2. The summed E-state index contributed by atoms with van der Waals surface area (Å²) >= 11 is 0. The number of hydrogen-bond acceptors (Lipinski definition) is 5. The number of nitrogens with one attached hydrogen (secondary N) is 1. The first-order valence-corrected chi connectivity index (χ1v) is 10.6. The molecule has 4 rings (SSSR count). The van der Waals surface area contributed by atoms with Crippen LogP contribution in [0, 0.1) is 5.82 Å². The zero-order valence-electron chi connectivity index (χ0n) is 17.9. The van der Waals surface area contributed by atoms with E-state index >= 15 is 0 Å². The minimum atomic E-state index is -0.447. The van der Waals surface area contributed by atoms with Crippen molar-refractivity contribution in [3.05, 3.63) is 60.4 Å². The molecule has 2 heterocycles. The molecule has 166 valence electrons. The molecule has 1 aliphatic rings. The molecule has 32 heavy (non-hydrogen) atoms. The molecule has 0 saturated carbocycles. The topological polar surface area (TPSA) is 74.8 Å². The van der Waals surface area contributed by atoms with E-state index in [4.69, 9.17) is 9.72 Å². The predicted octanol–water partition coefficient (Wildman–Crippen LogP) is 3.44. The van der Waals surface area contributed by atoms with Gasteiger partial charge in [-0.2, -0.15) is 0 Å². The summed E-state index contributed by atoms with van der Waals surface area (Å²) in [5, 5.41) is 3.60. The van der Waals surface area contributed by atoms with Crippen molar-refractivity contribution in [1.29, 1.82) is 0 Å². The molecule has 0 radical (unpaired) electrons. The maximum atomic E-state index is 13.4. The fraction of sp³-hybridized carbons (Fsp3) is 0.292. The van der Waals surface area contributed by atoms with Gasteiger partial charge in [0, 0.05) is 37.1 Å². The number of anilines is 1. The summed E-state index contributed by atoms with van der Waals surface area (Å²) in [6.45, 7) is 4.18. The van der Waals surface area contributed by atoms with Crippen LogP contribution in [0.15, 0.2) is 54.6 Å². The van der Waals surface area contributed by atoms with E-state index in [1.165, 1.54) is 12.1 Å². The zero-order chi connectivity index (χ0) is 22.5. The fourth-order valence-electron chi connectivity index (χ4n) is 3.79. The number of hydrogen-bond donors (Lipinski definition) is 1. The number of amides is 2. The quantitative estimate of drug-likeness (QED) is 0.621. The highest BCUT2D eigenvalue weighted by atomic mass is 19.1. The van der Waals surface area contributed by atoms with Gasteiger partial charge in [0.2, 0.25) is 0 Å². The van der Waals surface area contributed by atoms with Crippen LogP contribution in [0.2, 0.25) is 0 Å². The van der Waals surface area contributed by atoms with Gasteiger partial charge in [-0.05, 0) is 36.8 Å². The van der Waals surface area contributed by atoms with Crippen LogP contribution in [0.4, 0.5) is 15.0 Å². The van der Waals surface area contributed by atoms with Crippen molar-refractivity contribution in [2.75, 3.05) is 44.2 Å². The van der Waals surface area contributed by atoms with E-state index in [1.807, 2.05) is 30.3 Å². The van der Waals surface area contributed by atoms with E-state index in [0.717, 1.165) is 27.8 Å². The monoisotopic (exact) mass is 436 g/mol. The molecule has 0 bridgehead atoms. The number of fused-ring (bicyclic) bond motifs is 1. The van der Waals surface area contributed by atoms with Crippen molar-refractivity contribution >= 4 is 28.7 Å². The summed E-state index contributed by atoms with van der Waals surface area (Å²) in [6, 6.07) is 16.1. The molecule has 1 saturated heterocycles. The summed E-state index contributed by atoms with van der Waals surface area (Å²) in [4.78, 5) is 32.4. The fourth-order valence-corrected chi connectivity index (χ4v) is 3.79. The third-order valence-electron chi connectivity index (χ3n) is 5.44. The van der Waals surface area contributed by atoms with Gasteiger partial charge in [-0.3, -0.25) is 4.79 Å². The molecule has 1 N–H and O–H groups in total. The van der Waals surface area contributed by atoms with Gasteiger partial charge in [-0.15, -0.1) is 0 Å². The summed E-state index contributed by atoms with van der Waals surface area (Å²) in [5.41, 5.74) is 2.71. The number of pyridine rings is 1.